The molecule has 1 saturated heterocycles. The molecule has 1 fully saturated rings. The number of hydrogen-bond donors (Lipinski definition) is 1. The number of para-hydroxylation sites is 1. The van der Waals surface area contributed by atoms with Crippen molar-refractivity contribution in [2.45, 2.75) is 31.9 Å². The minimum Gasteiger partial charge on any atom is -0.466 e. The molecule has 178 valence electrons. The van der Waals surface area contributed by atoms with Gasteiger partial charge in [0.2, 0.25) is 5.91 Å². The average Bonchev–Trinajstić information content (AvgIpc) is 3.28. The topological polar surface area (TPSA) is 117 Å². The Morgan fingerprint density at radius 1 is 1.21 bits per heavy atom. The van der Waals surface area contributed by atoms with Crippen molar-refractivity contribution in [1.82, 2.24) is 14.7 Å². The summed E-state index contributed by atoms with van der Waals surface area (Å²) in [6.45, 7) is 5.19. The number of ether oxygens (including phenoxy) is 2. The molecule has 34 heavy (non-hydrogen) atoms. The second kappa shape index (κ2) is 9.19. The Balaban J connectivity index is 2.03. The van der Waals surface area contributed by atoms with E-state index in [1.54, 1.807) is 20.8 Å². The quantitative estimate of drug-likeness (QED) is 0.620. The van der Waals surface area contributed by atoms with E-state index in [-0.39, 0.29) is 34.6 Å². The fourth-order valence-electron chi connectivity index (χ4n) is 4.12. The van der Waals surface area contributed by atoms with Crippen molar-refractivity contribution in [1.29, 1.82) is 0 Å². The van der Waals surface area contributed by atoms with E-state index in [4.69, 9.17) is 26.8 Å². The van der Waals surface area contributed by atoms with Crippen LogP contribution in [-0.4, -0.2) is 51.5 Å². The lowest BCUT2D eigenvalue weighted by atomic mass is 9.82. The van der Waals surface area contributed by atoms with Gasteiger partial charge >= 0.3 is 11.9 Å². The van der Waals surface area contributed by atoms with Crippen LogP contribution in [0.2, 0.25) is 5.15 Å². The van der Waals surface area contributed by atoms with Gasteiger partial charge in [-0.15, -0.1) is 0 Å². The number of amides is 1. The first kappa shape index (κ1) is 23.9. The third-order valence-electron chi connectivity index (χ3n) is 5.62. The Kier molecular flexibility index (Phi) is 6.46. The SMILES string of the molecule is CCOC(=O)C1=C2SC(C)C(=O)N2C(N)=C(C(=O)OC)C1c1c(C)nn(-c2ccccc2)c1Cl. The number of aryl methyl sites for hydroxylation is 1. The van der Waals surface area contributed by atoms with Gasteiger partial charge in [0, 0.05) is 5.56 Å². The maximum atomic E-state index is 13.3. The van der Waals surface area contributed by atoms with Crippen molar-refractivity contribution in [3.63, 3.8) is 0 Å². The highest BCUT2D eigenvalue weighted by Crippen LogP contribution is 2.51. The molecule has 2 atom stereocenters. The molecule has 2 aromatic rings. The van der Waals surface area contributed by atoms with Crippen molar-refractivity contribution in [2.75, 3.05) is 13.7 Å². The van der Waals surface area contributed by atoms with Crippen LogP contribution in [0.25, 0.3) is 5.69 Å². The van der Waals surface area contributed by atoms with Gasteiger partial charge in [-0.2, -0.15) is 5.10 Å². The Labute approximate surface area is 205 Å². The molecule has 11 heteroatoms. The van der Waals surface area contributed by atoms with E-state index in [2.05, 4.69) is 5.10 Å². The molecule has 0 aliphatic carbocycles. The van der Waals surface area contributed by atoms with Gasteiger partial charge in [-0.3, -0.25) is 9.69 Å². The number of halogens is 1. The maximum Gasteiger partial charge on any atom is 0.338 e. The molecule has 0 saturated carbocycles. The van der Waals surface area contributed by atoms with Crippen LogP contribution in [0.15, 0.2) is 52.3 Å². The van der Waals surface area contributed by atoms with Crippen LogP contribution >= 0.6 is 23.4 Å². The highest BCUT2D eigenvalue weighted by atomic mass is 35.5. The zero-order chi connectivity index (χ0) is 24.7. The predicted molar refractivity (Wildman–Crippen MR) is 127 cm³/mol. The molecular formula is C23H23ClN4O5S. The van der Waals surface area contributed by atoms with Crippen LogP contribution in [0.5, 0.6) is 0 Å². The van der Waals surface area contributed by atoms with E-state index in [9.17, 15) is 14.4 Å². The Morgan fingerprint density at radius 3 is 2.50 bits per heavy atom. The molecule has 1 aromatic carbocycles. The lowest BCUT2D eigenvalue weighted by molar-refractivity contribution is -0.139. The lowest BCUT2D eigenvalue weighted by Gasteiger charge is -2.32. The number of nitrogens with two attached hydrogens (primary N) is 1. The first-order chi connectivity index (χ1) is 16.2. The zero-order valence-corrected chi connectivity index (χ0v) is 20.6. The number of rotatable bonds is 5. The molecular weight excluding hydrogens is 480 g/mol. The number of benzene rings is 1. The normalized spacial score (nSPS) is 20.0. The van der Waals surface area contributed by atoms with Gasteiger partial charge < -0.3 is 15.2 Å². The smallest absolute Gasteiger partial charge is 0.338 e. The highest BCUT2D eigenvalue weighted by molar-refractivity contribution is 8.04. The second-order valence-corrected chi connectivity index (χ2v) is 9.32. The van der Waals surface area contributed by atoms with Crippen LogP contribution in [0, 0.1) is 6.92 Å². The third kappa shape index (κ3) is 3.67. The number of thioether (sulfide) groups is 1. The van der Waals surface area contributed by atoms with Crippen LogP contribution in [0.1, 0.15) is 31.0 Å². The van der Waals surface area contributed by atoms with E-state index in [0.29, 0.717) is 22.0 Å². The molecule has 2 N–H and O–H groups in total. The van der Waals surface area contributed by atoms with E-state index < -0.39 is 23.1 Å². The largest absolute Gasteiger partial charge is 0.466 e. The summed E-state index contributed by atoms with van der Waals surface area (Å²) >= 11 is 8.01. The van der Waals surface area contributed by atoms with Crippen molar-refractivity contribution in [2.24, 2.45) is 5.73 Å². The summed E-state index contributed by atoms with van der Waals surface area (Å²) in [6.07, 6.45) is 0. The molecule has 2 unspecified atom stereocenters. The molecule has 4 rings (SSSR count). The predicted octanol–water partition coefficient (Wildman–Crippen LogP) is 3.01. The molecule has 2 aliphatic heterocycles. The van der Waals surface area contributed by atoms with E-state index in [1.165, 1.54) is 28.5 Å². The Hall–Kier alpha value is -3.24. The molecule has 1 amide bonds. The lowest BCUT2D eigenvalue weighted by Crippen LogP contribution is -2.40. The number of hydrogen-bond acceptors (Lipinski definition) is 8. The zero-order valence-electron chi connectivity index (χ0n) is 19.0. The first-order valence-corrected chi connectivity index (χ1v) is 11.8. The second-order valence-electron chi connectivity index (χ2n) is 7.63. The van der Waals surface area contributed by atoms with Gasteiger partial charge in [0.25, 0.3) is 0 Å². The first-order valence-electron chi connectivity index (χ1n) is 10.5. The monoisotopic (exact) mass is 502 g/mol. The molecule has 0 bridgehead atoms. The molecule has 9 nitrogen and oxygen atoms in total. The Morgan fingerprint density at radius 2 is 1.88 bits per heavy atom. The fourth-order valence-corrected chi connectivity index (χ4v) is 5.66. The summed E-state index contributed by atoms with van der Waals surface area (Å²) in [5.41, 5.74) is 7.98. The Bertz CT molecular complexity index is 1250. The summed E-state index contributed by atoms with van der Waals surface area (Å²) in [5, 5.41) is 4.56. The average molecular weight is 503 g/mol. The summed E-state index contributed by atoms with van der Waals surface area (Å²) in [4.78, 5) is 40.4. The molecule has 3 heterocycles. The van der Waals surface area contributed by atoms with Crippen LogP contribution < -0.4 is 5.73 Å². The van der Waals surface area contributed by atoms with Gasteiger partial charge in [0.05, 0.1) is 52.4 Å². The molecule has 2 aliphatic rings. The number of carbonyl (C=O) groups is 3. The summed E-state index contributed by atoms with van der Waals surface area (Å²) < 4.78 is 11.9. The van der Waals surface area contributed by atoms with Crippen LogP contribution in [0.4, 0.5) is 0 Å². The van der Waals surface area contributed by atoms with Gasteiger partial charge in [0.1, 0.15) is 11.0 Å². The van der Waals surface area contributed by atoms with E-state index in [0.717, 1.165) is 0 Å². The third-order valence-corrected chi connectivity index (χ3v) is 7.17. The highest BCUT2D eigenvalue weighted by Gasteiger charge is 2.50. The number of carbonyl (C=O) groups excluding carboxylic acids is 3. The number of fused-ring (bicyclic) bond motifs is 1. The van der Waals surface area contributed by atoms with Gasteiger partial charge in [-0.05, 0) is 32.9 Å². The van der Waals surface area contributed by atoms with Gasteiger partial charge in [-0.25, -0.2) is 14.3 Å². The van der Waals surface area contributed by atoms with Gasteiger partial charge in [0.15, 0.2) is 0 Å². The number of methoxy groups -OCH3 is 1. The van der Waals surface area contributed by atoms with E-state index in [1.807, 2.05) is 30.3 Å². The van der Waals surface area contributed by atoms with Crippen molar-refractivity contribution in [3.05, 3.63) is 68.7 Å². The number of esters is 2. The minimum atomic E-state index is -1.05. The van der Waals surface area contributed by atoms with Crippen molar-refractivity contribution < 1.29 is 23.9 Å². The van der Waals surface area contributed by atoms with Gasteiger partial charge in [-0.1, -0.05) is 41.6 Å². The van der Waals surface area contributed by atoms with Crippen LogP contribution in [-0.2, 0) is 23.9 Å². The minimum absolute atomic E-state index is 0.0741. The number of nitrogens with zero attached hydrogens (tertiary/aromatic N) is 3. The van der Waals surface area contributed by atoms with Crippen LogP contribution in [0.3, 0.4) is 0 Å². The maximum absolute atomic E-state index is 13.3. The standard InChI is InChI=1S/C23H23ClN4O5S/c1-5-33-23(31)17-15(14-11(2)26-28(18(14)24)13-9-7-6-8-10-13)16(22(30)32-4)19(25)27-20(29)12(3)34-21(17)27/h6-10,12,15H,5,25H2,1-4H3. The van der Waals surface area contributed by atoms with Crippen molar-refractivity contribution >= 4 is 41.2 Å². The molecule has 0 radical (unpaired) electrons. The van der Waals surface area contributed by atoms with E-state index >= 15 is 0 Å². The summed E-state index contributed by atoms with van der Waals surface area (Å²) in [5.74, 6) is -2.97. The van der Waals surface area contributed by atoms with Crippen molar-refractivity contribution in [3.8, 4) is 5.69 Å². The fraction of sp³-hybridized carbons (Fsp3) is 0.304. The summed E-state index contributed by atoms with van der Waals surface area (Å²) in [7, 11) is 1.20. The molecule has 1 aromatic heterocycles. The number of aromatic nitrogens is 2. The summed E-state index contributed by atoms with van der Waals surface area (Å²) in [6, 6.07) is 9.20. The molecule has 0 spiro atoms.